The van der Waals surface area contributed by atoms with Gasteiger partial charge in [0.2, 0.25) is 0 Å². The zero-order chi connectivity index (χ0) is 20.9. The highest BCUT2D eigenvalue weighted by molar-refractivity contribution is 5.56. The first-order chi connectivity index (χ1) is 14.6. The third-order valence-corrected chi connectivity index (χ3v) is 5.51. The van der Waals surface area contributed by atoms with E-state index in [1.807, 2.05) is 24.4 Å². The van der Waals surface area contributed by atoms with Gasteiger partial charge in [-0.1, -0.05) is 0 Å². The van der Waals surface area contributed by atoms with Gasteiger partial charge in [-0.25, -0.2) is 4.68 Å². The quantitative estimate of drug-likeness (QED) is 0.603. The third-order valence-electron chi connectivity index (χ3n) is 5.51. The minimum absolute atomic E-state index is 0.0260. The first-order valence-electron chi connectivity index (χ1n) is 10.2. The topological polar surface area (TPSA) is 76.3 Å². The van der Waals surface area contributed by atoms with E-state index in [0.717, 1.165) is 56.1 Å². The van der Waals surface area contributed by atoms with E-state index in [1.54, 1.807) is 46.9 Å². The molecule has 0 spiro atoms. The zero-order valence-corrected chi connectivity index (χ0v) is 17.1. The van der Waals surface area contributed by atoms with Crippen molar-refractivity contribution in [2.45, 2.75) is 13.1 Å². The molecular formula is C22H26N6O2. The van der Waals surface area contributed by atoms with E-state index in [2.05, 4.69) is 19.9 Å². The van der Waals surface area contributed by atoms with Crippen molar-refractivity contribution in [2.75, 3.05) is 32.7 Å². The van der Waals surface area contributed by atoms with Gasteiger partial charge in [-0.05, 0) is 29.8 Å². The summed E-state index contributed by atoms with van der Waals surface area (Å²) in [4.78, 5) is 32.8. The SMILES string of the molecule is Cn1ccc(CN2CCN(CCn3nc(-c4ccncc4)ccc3=O)CC2)cc1=O. The zero-order valence-electron chi connectivity index (χ0n) is 17.1. The lowest BCUT2D eigenvalue weighted by molar-refractivity contribution is 0.122. The van der Waals surface area contributed by atoms with Crippen LogP contribution < -0.4 is 11.1 Å². The Kier molecular flexibility index (Phi) is 6.15. The second kappa shape index (κ2) is 9.15. The molecule has 3 aromatic rings. The fraction of sp³-hybridized carbons (Fsp3) is 0.364. The second-order valence-electron chi connectivity index (χ2n) is 7.62. The molecule has 0 radical (unpaired) electrons. The van der Waals surface area contributed by atoms with E-state index in [0.29, 0.717) is 6.54 Å². The van der Waals surface area contributed by atoms with E-state index >= 15 is 0 Å². The Morgan fingerprint density at radius 2 is 1.60 bits per heavy atom. The molecule has 1 saturated heterocycles. The van der Waals surface area contributed by atoms with Gasteiger partial charge in [0.1, 0.15) is 0 Å². The van der Waals surface area contributed by atoms with Crippen molar-refractivity contribution in [3.63, 3.8) is 0 Å². The minimum atomic E-state index is -0.0860. The monoisotopic (exact) mass is 406 g/mol. The molecule has 0 aromatic carbocycles. The van der Waals surface area contributed by atoms with Crippen LogP contribution in [0.5, 0.6) is 0 Å². The lowest BCUT2D eigenvalue weighted by Gasteiger charge is -2.34. The van der Waals surface area contributed by atoms with E-state index in [9.17, 15) is 9.59 Å². The van der Waals surface area contributed by atoms with Gasteiger partial charge in [-0.2, -0.15) is 5.10 Å². The first-order valence-corrected chi connectivity index (χ1v) is 10.2. The number of hydrogen-bond donors (Lipinski definition) is 0. The molecule has 0 N–H and O–H groups in total. The highest BCUT2D eigenvalue weighted by Crippen LogP contribution is 2.13. The number of hydrogen-bond acceptors (Lipinski definition) is 6. The highest BCUT2D eigenvalue weighted by Gasteiger charge is 2.17. The summed E-state index contributed by atoms with van der Waals surface area (Å²) in [6, 6.07) is 10.8. The van der Waals surface area contributed by atoms with Crippen molar-refractivity contribution < 1.29 is 0 Å². The maximum absolute atomic E-state index is 12.2. The Morgan fingerprint density at radius 3 is 2.33 bits per heavy atom. The predicted molar refractivity (Wildman–Crippen MR) is 115 cm³/mol. The standard InChI is InChI=1S/C22H26N6O2/c1-25-9-6-18(16-22(25)30)17-27-12-10-26(11-13-27)14-15-28-21(29)3-2-20(24-28)19-4-7-23-8-5-19/h2-9,16H,10-15,17H2,1H3. The summed E-state index contributed by atoms with van der Waals surface area (Å²) in [5, 5.41) is 4.52. The lowest BCUT2D eigenvalue weighted by atomic mass is 10.2. The molecule has 30 heavy (non-hydrogen) atoms. The molecule has 0 amide bonds. The number of aromatic nitrogens is 4. The molecule has 0 atom stereocenters. The van der Waals surface area contributed by atoms with E-state index < -0.39 is 0 Å². The molecule has 1 aliphatic heterocycles. The summed E-state index contributed by atoms with van der Waals surface area (Å²) in [7, 11) is 1.76. The average molecular weight is 406 g/mol. The van der Waals surface area contributed by atoms with Crippen LogP contribution in [-0.2, 0) is 20.1 Å². The Balaban J connectivity index is 1.31. The van der Waals surface area contributed by atoms with Crippen molar-refractivity contribution >= 4 is 0 Å². The van der Waals surface area contributed by atoms with Gasteiger partial charge in [-0.3, -0.25) is 24.4 Å². The van der Waals surface area contributed by atoms with Gasteiger partial charge in [0, 0.05) is 82.6 Å². The Morgan fingerprint density at radius 1 is 0.867 bits per heavy atom. The lowest BCUT2D eigenvalue weighted by Crippen LogP contribution is -2.47. The van der Waals surface area contributed by atoms with Crippen LogP contribution in [0.2, 0.25) is 0 Å². The number of rotatable bonds is 6. The van der Waals surface area contributed by atoms with Crippen LogP contribution in [0.15, 0.2) is 64.6 Å². The summed E-state index contributed by atoms with van der Waals surface area (Å²) in [6.45, 7) is 5.88. The Labute approximate surface area is 175 Å². The van der Waals surface area contributed by atoms with Crippen molar-refractivity contribution in [3.8, 4) is 11.3 Å². The highest BCUT2D eigenvalue weighted by atomic mass is 16.1. The van der Waals surface area contributed by atoms with Crippen LogP contribution in [0, 0.1) is 0 Å². The Hall–Kier alpha value is -3.10. The van der Waals surface area contributed by atoms with Gasteiger partial charge < -0.3 is 4.57 Å². The van der Waals surface area contributed by atoms with E-state index in [1.165, 1.54) is 0 Å². The first kappa shape index (κ1) is 20.2. The Bertz CT molecular complexity index is 1100. The largest absolute Gasteiger partial charge is 0.319 e. The van der Waals surface area contributed by atoms with Crippen molar-refractivity contribution in [1.82, 2.24) is 29.1 Å². The molecule has 3 aromatic heterocycles. The molecule has 0 bridgehead atoms. The molecule has 4 rings (SSSR count). The smallest absolute Gasteiger partial charge is 0.266 e. The molecule has 0 unspecified atom stereocenters. The molecule has 0 aliphatic carbocycles. The molecule has 0 saturated carbocycles. The van der Waals surface area contributed by atoms with E-state index in [4.69, 9.17) is 0 Å². The van der Waals surface area contributed by atoms with Gasteiger partial charge in [0.05, 0.1) is 12.2 Å². The maximum Gasteiger partial charge on any atom is 0.266 e. The third kappa shape index (κ3) is 4.90. The van der Waals surface area contributed by atoms with Crippen LogP contribution >= 0.6 is 0 Å². The van der Waals surface area contributed by atoms with Crippen LogP contribution in [0.4, 0.5) is 0 Å². The molecule has 1 fully saturated rings. The van der Waals surface area contributed by atoms with Crippen molar-refractivity contribution in [1.29, 1.82) is 0 Å². The molecule has 8 nitrogen and oxygen atoms in total. The molecular weight excluding hydrogens is 380 g/mol. The minimum Gasteiger partial charge on any atom is -0.319 e. The van der Waals surface area contributed by atoms with Gasteiger partial charge in [0.15, 0.2) is 0 Å². The second-order valence-corrected chi connectivity index (χ2v) is 7.62. The predicted octanol–water partition coefficient (Wildman–Crippen LogP) is 0.822. The number of pyridine rings is 2. The van der Waals surface area contributed by atoms with E-state index in [-0.39, 0.29) is 11.1 Å². The number of piperazine rings is 1. The van der Waals surface area contributed by atoms with Crippen LogP contribution in [0.1, 0.15) is 5.56 Å². The fourth-order valence-corrected chi connectivity index (χ4v) is 3.64. The maximum atomic E-state index is 12.2. The van der Waals surface area contributed by atoms with Gasteiger partial charge in [0.25, 0.3) is 11.1 Å². The summed E-state index contributed by atoms with van der Waals surface area (Å²) in [6.07, 6.45) is 5.26. The van der Waals surface area contributed by atoms with Crippen LogP contribution in [0.3, 0.4) is 0 Å². The van der Waals surface area contributed by atoms with Gasteiger partial charge >= 0.3 is 0 Å². The number of nitrogens with zero attached hydrogens (tertiary/aromatic N) is 6. The molecule has 1 aliphatic rings. The summed E-state index contributed by atoms with van der Waals surface area (Å²) >= 11 is 0. The molecule has 4 heterocycles. The molecule has 156 valence electrons. The van der Waals surface area contributed by atoms with Crippen LogP contribution in [0.25, 0.3) is 11.3 Å². The average Bonchev–Trinajstić information content (AvgIpc) is 2.77. The summed E-state index contributed by atoms with van der Waals surface area (Å²) in [5.41, 5.74) is 2.71. The number of aryl methyl sites for hydroxylation is 1. The summed E-state index contributed by atoms with van der Waals surface area (Å²) < 4.78 is 3.13. The van der Waals surface area contributed by atoms with Crippen LogP contribution in [-0.4, -0.2) is 61.9 Å². The molecule has 8 heteroatoms. The normalized spacial score (nSPS) is 15.4. The summed E-state index contributed by atoms with van der Waals surface area (Å²) in [5.74, 6) is 0. The van der Waals surface area contributed by atoms with Crippen molar-refractivity contribution in [2.24, 2.45) is 7.05 Å². The fourth-order valence-electron chi connectivity index (χ4n) is 3.64. The van der Waals surface area contributed by atoms with Gasteiger partial charge in [-0.15, -0.1) is 0 Å². The van der Waals surface area contributed by atoms with Crippen molar-refractivity contribution in [3.05, 3.63) is 81.3 Å².